The van der Waals surface area contributed by atoms with Gasteiger partial charge in [0, 0.05) is 25.0 Å². The van der Waals surface area contributed by atoms with Gasteiger partial charge in [-0.25, -0.2) is 5.43 Å². The minimum atomic E-state index is -0.132. The minimum Gasteiger partial charge on any atom is -0.463 e. The second kappa shape index (κ2) is 7.14. The fourth-order valence-corrected chi connectivity index (χ4v) is 7.68. The van der Waals surface area contributed by atoms with Gasteiger partial charge in [0.1, 0.15) is 6.10 Å². The highest BCUT2D eigenvalue weighted by Gasteiger charge is 2.59. The number of esters is 1. The average Bonchev–Trinajstić information content (AvgIpc) is 2.96. The topological polar surface area (TPSA) is 67.8 Å². The van der Waals surface area contributed by atoms with Gasteiger partial charge in [-0.2, -0.15) is 5.10 Å². The van der Waals surface area contributed by atoms with Crippen molar-refractivity contribution in [3.05, 3.63) is 0 Å². The molecule has 5 nitrogen and oxygen atoms in total. The van der Waals surface area contributed by atoms with E-state index in [-0.39, 0.29) is 23.4 Å². The second-order valence-electron chi connectivity index (χ2n) is 10.4. The molecule has 0 aromatic carbocycles. The predicted octanol–water partition coefficient (Wildman–Crippen LogP) is 4.45. The van der Waals surface area contributed by atoms with Crippen molar-refractivity contribution in [2.45, 2.75) is 91.6 Å². The lowest BCUT2D eigenvalue weighted by molar-refractivity contribution is -0.158. The van der Waals surface area contributed by atoms with Crippen LogP contribution in [0.1, 0.15) is 85.5 Å². The molecule has 0 aromatic heterocycles. The Balaban J connectivity index is 1.52. The first-order chi connectivity index (χ1) is 13.2. The van der Waals surface area contributed by atoms with Crippen LogP contribution in [0.2, 0.25) is 0 Å². The molecule has 0 radical (unpaired) electrons. The van der Waals surface area contributed by atoms with E-state index in [1.807, 2.05) is 0 Å². The van der Waals surface area contributed by atoms with Crippen molar-refractivity contribution in [3.8, 4) is 0 Å². The zero-order chi connectivity index (χ0) is 20.1. The van der Waals surface area contributed by atoms with Crippen molar-refractivity contribution in [3.63, 3.8) is 0 Å². The van der Waals surface area contributed by atoms with Gasteiger partial charge in [-0.3, -0.25) is 9.59 Å². The Labute approximate surface area is 169 Å². The Morgan fingerprint density at radius 3 is 2.54 bits per heavy atom. The standard InChI is InChI=1S/C23H36N2O3/c1-14(26)24-25-21-8-7-19-18-6-5-16-13-17(28-15(2)27)9-11-22(16,3)20(18)10-12-23(19,21)4/h16-20H,5-13H2,1-4H3,(H,24,26)/t16-,17-,18+,19+,20+,22-,23-/m0/s1. The molecule has 1 amide bonds. The Kier molecular flexibility index (Phi) is 5.08. The van der Waals surface area contributed by atoms with Gasteiger partial charge < -0.3 is 4.74 Å². The highest BCUT2D eigenvalue weighted by Crippen LogP contribution is 2.65. The zero-order valence-corrected chi connectivity index (χ0v) is 17.9. The van der Waals surface area contributed by atoms with E-state index in [1.165, 1.54) is 58.1 Å². The third kappa shape index (κ3) is 3.19. The van der Waals surface area contributed by atoms with Crippen molar-refractivity contribution < 1.29 is 14.3 Å². The van der Waals surface area contributed by atoms with Crippen LogP contribution in [0.5, 0.6) is 0 Å². The number of carbonyl (C=O) groups excluding carboxylic acids is 2. The molecule has 28 heavy (non-hydrogen) atoms. The van der Waals surface area contributed by atoms with Gasteiger partial charge >= 0.3 is 5.97 Å². The summed E-state index contributed by atoms with van der Waals surface area (Å²) in [5.41, 5.74) is 4.46. The van der Waals surface area contributed by atoms with E-state index in [4.69, 9.17) is 4.74 Å². The van der Waals surface area contributed by atoms with E-state index in [0.717, 1.165) is 31.1 Å². The van der Waals surface area contributed by atoms with E-state index >= 15 is 0 Å². The highest BCUT2D eigenvalue weighted by atomic mass is 16.5. The van der Waals surface area contributed by atoms with Crippen molar-refractivity contribution in [2.75, 3.05) is 0 Å². The Morgan fingerprint density at radius 1 is 1.04 bits per heavy atom. The normalized spacial score (nSPS) is 46.3. The summed E-state index contributed by atoms with van der Waals surface area (Å²) in [5, 5.41) is 4.52. The number of ether oxygens (including phenoxy) is 1. The first-order valence-electron chi connectivity index (χ1n) is 11.2. The average molecular weight is 389 g/mol. The van der Waals surface area contributed by atoms with Crippen LogP contribution in [0.15, 0.2) is 5.10 Å². The lowest BCUT2D eigenvalue weighted by atomic mass is 9.45. The van der Waals surface area contributed by atoms with E-state index < -0.39 is 0 Å². The largest absolute Gasteiger partial charge is 0.463 e. The summed E-state index contributed by atoms with van der Waals surface area (Å²) >= 11 is 0. The molecule has 156 valence electrons. The molecule has 0 unspecified atom stereocenters. The molecule has 0 aromatic rings. The van der Waals surface area contributed by atoms with Crippen LogP contribution in [0.25, 0.3) is 0 Å². The molecule has 4 aliphatic carbocycles. The van der Waals surface area contributed by atoms with Crippen molar-refractivity contribution in [1.82, 2.24) is 5.43 Å². The molecule has 5 heteroatoms. The van der Waals surface area contributed by atoms with Crippen LogP contribution in [0, 0.1) is 34.5 Å². The third-order valence-electron chi connectivity index (χ3n) is 9.04. The van der Waals surface area contributed by atoms with Gasteiger partial charge in [0.2, 0.25) is 5.91 Å². The maximum absolute atomic E-state index is 11.4. The SMILES string of the molecule is CC(=O)NN=C1CC[C@@H]2[C@H]3CC[C@H]4C[C@@H](OC(C)=O)CC[C@]4(C)[C@@H]3CC[C@]12C. The molecule has 4 saturated carbocycles. The number of nitrogens with zero attached hydrogens (tertiary/aromatic N) is 1. The van der Waals surface area contributed by atoms with Crippen molar-refractivity contribution >= 4 is 17.6 Å². The fraction of sp³-hybridized carbons (Fsp3) is 0.870. The highest BCUT2D eigenvalue weighted by molar-refractivity contribution is 5.93. The van der Waals surface area contributed by atoms with Gasteiger partial charge in [0.15, 0.2) is 0 Å². The van der Waals surface area contributed by atoms with Crippen LogP contribution in [0.3, 0.4) is 0 Å². The molecule has 0 heterocycles. The lowest BCUT2D eigenvalue weighted by Gasteiger charge is -2.60. The van der Waals surface area contributed by atoms with Crippen LogP contribution in [-0.2, 0) is 14.3 Å². The van der Waals surface area contributed by atoms with Gasteiger partial charge in [-0.05, 0) is 86.9 Å². The smallest absolute Gasteiger partial charge is 0.302 e. The van der Waals surface area contributed by atoms with Crippen LogP contribution in [-0.4, -0.2) is 23.7 Å². The minimum absolute atomic E-state index is 0.0780. The zero-order valence-electron chi connectivity index (χ0n) is 17.9. The molecule has 4 rings (SSSR count). The lowest BCUT2D eigenvalue weighted by Crippen LogP contribution is -2.54. The van der Waals surface area contributed by atoms with Gasteiger partial charge in [0.05, 0.1) is 0 Å². The number of hydrogen-bond acceptors (Lipinski definition) is 4. The molecule has 0 spiro atoms. The molecule has 1 N–H and O–H groups in total. The maximum atomic E-state index is 11.4. The molecule has 4 fully saturated rings. The van der Waals surface area contributed by atoms with Crippen molar-refractivity contribution in [1.29, 1.82) is 0 Å². The number of rotatable bonds is 2. The van der Waals surface area contributed by atoms with E-state index in [2.05, 4.69) is 24.4 Å². The summed E-state index contributed by atoms with van der Waals surface area (Å²) in [6, 6.07) is 0. The van der Waals surface area contributed by atoms with Gasteiger partial charge in [0.25, 0.3) is 0 Å². The van der Waals surface area contributed by atoms with E-state index in [1.54, 1.807) is 0 Å². The molecule has 7 atom stereocenters. The number of carbonyl (C=O) groups is 2. The number of fused-ring (bicyclic) bond motifs is 5. The number of nitrogens with one attached hydrogen (secondary N) is 1. The summed E-state index contributed by atoms with van der Waals surface area (Å²) in [7, 11) is 0. The number of hydrazone groups is 1. The van der Waals surface area contributed by atoms with Crippen LogP contribution < -0.4 is 5.43 Å². The summed E-state index contributed by atoms with van der Waals surface area (Å²) in [6.07, 6.45) is 10.6. The first kappa shape index (κ1) is 19.9. The quantitative estimate of drug-likeness (QED) is 0.561. The summed E-state index contributed by atoms with van der Waals surface area (Å²) in [5.74, 6) is 2.73. The fourth-order valence-electron chi connectivity index (χ4n) is 7.68. The molecular weight excluding hydrogens is 352 g/mol. The number of amides is 1. The Hall–Kier alpha value is -1.39. The monoisotopic (exact) mass is 388 g/mol. The van der Waals surface area contributed by atoms with Crippen molar-refractivity contribution in [2.24, 2.45) is 39.6 Å². The molecule has 4 aliphatic rings. The van der Waals surface area contributed by atoms with Gasteiger partial charge in [-0.15, -0.1) is 0 Å². The molecule has 0 bridgehead atoms. The van der Waals surface area contributed by atoms with E-state index in [9.17, 15) is 9.59 Å². The molecule has 0 aliphatic heterocycles. The summed E-state index contributed by atoms with van der Waals surface area (Å²) in [4.78, 5) is 22.7. The summed E-state index contributed by atoms with van der Waals surface area (Å²) in [6.45, 7) is 7.99. The first-order valence-corrected chi connectivity index (χ1v) is 11.2. The molecular formula is C23H36N2O3. The second-order valence-corrected chi connectivity index (χ2v) is 10.4. The summed E-state index contributed by atoms with van der Waals surface area (Å²) < 4.78 is 5.58. The Morgan fingerprint density at radius 2 is 1.82 bits per heavy atom. The third-order valence-corrected chi connectivity index (χ3v) is 9.04. The van der Waals surface area contributed by atoms with Gasteiger partial charge in [-0.1, -0.05) is 13.8 Å². The number of hydrogen-bond donors (Lipinski definition) is 1. The van der Waals surface area contributed by atoms with Crippen LogP contribution in [0.4, 0.5) is 0 Å². The predicted molar refractivity (Wildman–Crippen MR) is 109 cm³/mol. The van der Waals surface area contributed by atoms with Crippen LogP contribution >= 0.6 is 0 Å². The van der Waals surface area contributed by atoms with E-state index in [0.29, 0.717) is 17.3 Å². The molecule has 0 saturated heterocycles. The Bertz CT molecular complexity index is 689. The maximum Gasteiger partial charge on any atom is 0.302 e.